The summed E-state index contributed by atoms with van der Waals surface area (Å²) in [5, 5.41) is 2.58. The molecule has 1 fully saturated rings. The van der Waals surface area contributed by atoms with Crippen molar-refractivity contribution in [1.29, 1.82) is 0 Å². The Kier molecular flexibility index (Phi) is 6.60. The predicted octanol–water partition coefficient (Wildman–Crippen LogP) is 1.89. The lowest BCUT2D eigenvalue weighted by atomic mass is 10.2. The van der Waals surface area contributed by atoms with Gasteiger partial charge in [0.1, 0.15) is 5.60 Å². The van der Waals surface area contributed by atoms with E-state index >= 15 is 0 Å². The predicted molar refractivity (Wildman–Crippen MR) is 97.8 cm³/mol. The molecule has 0 aromatic heterocycles. The molecule has 1 aromatic carbocycles. The molecule has 26 heavy (non-hydrogen) atoms. The van der Waals surface area contributed by atoms with Crippen molar-refractivity contribution < 1.29 is 19.1 Å². The van der Waals surface area contributed by atoms with E-state index in [1.54, 1.807) is 42.7 Å². The van der Waals surface area contributed by atoms with Crippen LogP contribution < -0.4 is 5.32 Å². The van der Waals surface area contributed by atoms with Crippen LogP contribution in [0.15, 0.2) is 30.3 Å². The SMILES string of the molecule is CC(C)(C)OC(=O)NCCC(=O)N1CCN(C(=O)c2ccccc2)CC1. The lowest BCUT2D eigenvalue weighted by Crippen LogP contribution is -2.51. The largest absolute Gasteiger partial charge is 0.444 e. The second kappa shape index (κ2) is 8.69. The van der Waals surface area contributed by atoms with Crippen LogP contribution in [0.1, 0.15) is 37.6 Å². The summed E-state index contributed by atoms with van der Waals surface area (Å²) in [6, 6.07) is 9.14. The maximum Gasteiger partial charge on any atom is 0.407 e. The highest BCUT2D eigenvalue weighted by molar-refractivity contribution is 5.94. The Hall–Kier alpha value is -2.57. The van der Waals surface area contributed by atoms with Crippen LogP contribution in [-0.2, 0) is 9.53 Å². The summed E-state index contributed by atoms with van der Waals surface area (Å²) < 4.78 is 5.13. The zero-order chi connectivity index (χ0) is 19.2. The maximum atomic E-state index is 12.4. The molecule has 0 unspecified atom stereocenters. The van der Waals surface area contributed by atoms with Crippen LogP contribution in [0.5, 0.6) is 0 Å². The molecular weight excluding hydrogens is 334 g/mol. The fraction of sp³-hybridized carbons (Fsp3) is 0.526. The van der Waals surface area contributed by atoms with Gasteiger partial charge in [-0.25, -0.2) is 4.79 Å². The summed E-state index contributed by atoms with van der Waals surface area (Å²) in [4.78, 5) is 39.7. The molecule has 0 spiro atoms. The molecule has 1 aliphatic heterocycles. The Labute approximate surface area is 154 Å². The minimum absolute atomic E-state index is 0.00992. The number of amides is 3. The summed E-state index contributed by atoms with van der Waals surface area (Å²) in [6.07, 6.45) is -0.310. The number of benzene rings is 1. The van der Waals surface area contributed by atoms with Crippen LogP contribution >= 0.6 is 0 Å². The molecule has 0 bridgehead atoms. The highest BCUT2D eigenvalue weighted by Crippen LogP contribution is 2.10. The van der Waals surface area contributed by atoms with Crippen molar-refractivity contribution in [2.24, 2.45) is 0 Å². The summed E-state index contributed by atoms with van der Waals surface area (Å²) in [5.74, 6) is -0.0443. The number of carbonyl (C=O) groups is 3. The van der Waals surface area contributed by atoms with Gasteiger partial charge in [0.15, 0.2) is 0 Å². The van der Waals surface area contributed by atoms with Crippen molar-refractivity contribution in [1.82, 2.24) is 15.1 Å². The average Bonchev–Trinajstić information content (AvgIpc) is 2.60. The second-order valence-corrected chi connectivity index (χ2v) is 7.22. The number of rotatable bonds is 4. The Morgan fingerprint density at radius 1 is 1.00 bits per heavy atom. The van der Waals surface area contributed by atoms with E-state index in [1.807, 2.05) is 18.2 Å². The highest BCUT2D eigenvalue weighted by Gasteiger charge is 2.24. The third-order valence-electron chi connectivity index (χ3n) is 3.95. The van der Waals surface area contributed by atoms with Gasteiger partial charge >= 0.3 is 6.09 Å². The van der Waals surface area contributed by atoms with E-state index < -0.39 is 11.7 Å². The molecule has 0 atom stereocenters. The number of nitrogens with zero attached hydrogens (tertiary/aromatic N) is 2. The minimum Gasteiger partial charge on any atom is -0.444 e. The molecule has 1 N–H and O–H groups in total. The van der Waals surface area contributed by atoms with Crippen molar-refractivity contribution in [2.45, 2.75) is 32.8 Å². The summed E-state index contributed by atoms with van der Waals surface area (Å²) in [5.41, 5.74) is 0.101. The molecule has 1 aromatic rings. The van der Waals surface area contributed by atoms with Crippen LogP contribution in [0, 0.1) is 0 Å². The minimum atomic E-state index is -0.560. The summed E-state index contributed by atoms with van der Waals surface area (Å²) in [6.45, 7) is 7.62. The first-order valence-electron chi connectivity index (χ1n) is 8.85. The van der Waals surface area contributed by atoms with Gasteiger partial charge in [0, 0.05) is 44.7 Å². The first-order valence-corrected chi connectivity index (χ1v) is 8.85. The van der Waals surface area contributed by atoms with E-state index in [0.717, 1.165) is 0 Å². The maximum absolute atomic E-state index is 12.4. The van der Waals surface area contributed by atoms with Crippen molar-refractivity contribution in [3.8, 4) is 0 Å². The van der Waals surface area contributed by atoms with E-state index in [9.17, 15) is 14.4 Å². The lowest BCUT2D eigenvalue weighted by Gasteiger charge is -2.35. The summed E-state index contributed by atoms with van der Waals surface area (Å²) in [7, 11) is 0. The van der Waals surface area contributed by atoms with Crippen LogP contribution in [0.3, 0.4) is 0 Å². The van der Waals surface area contributed by atoms with Gasteiger partial charge in [0.25, 0.3) is 5.91 Å². The summed E-state index contributed by atoms with van der Waals surface area (Å²) >= 11 is 0. The van der Waals surface area contributed by atoms with Crippen LogP contribution in [0.25, 0.3) is 0 Å². The van der Waals surface area contributed by atoms with E-state index in [0.29, 0.717) is 31.7 Å². The van der Waals surface area contributed by atoms with Crippen LogP contribution in [0.4, 0.5) is 4.79 Å². The zero-order valence-corrected chi connectivity index (χ0v) is 15.7. The Morgan fingerprint density at radius 2 is 1.58 bits per heavy atom. The third kappa shape index (κ3) is 6.06. The van der Waals surface area contributed by atoms with Gasteiger partial charge in [-0.1, -0.05) is 18.2 Å². The molecule has 1 saturated heterocycles. The van der Waals surface area contributed by atoms with Gasteiger partial charge in [-0.05, 0) is 32.9 Å². The number of ether oxygens (including phenoxy) is 1. The van der Waals surface area contributed by atoms with Gasteiger partial charge in [-0.3, -0.25) is 9.59 Å². The van der Waals surface area contributed by atoms with Gasteiger partial charge < -0.3 is 19.9 Å². The van der Waals surface area contributed by atoms with Gasteiger partial charge in [-0.2, -0.15) is 0 Å². The Balaban J connectivity index is 1.71. The van der Waals surface area contributed by atoms with Crippen molar-refractivity contribution in [3.63, 3.8) is 0 Å². The molecule has 3 amide bonds. The van der Waals surface area contributed by atoms with E-state index in [2.05, 4.69) is 5.32 Å². The van der Waals surface area contributed by atoms with Crippen molar-refractivity contribution >= 4 is 17.9 Å². The number of hydrogen-bond donors (Lipinski definition) is 1. The topological polar surface area (TPSA) is 79.0 Å². The molecular formula is C19H27N3O4. The van der Waals surface area contributed by atoms with E-state index in [1.165, 1.54) is 0 Å². The Morgan fingerprint density at radius 3 is 2.15 bits per heavy atom. The highest BCUT2D eigenvalue weighted by atomic mass is 16.6. The molecule has 1 heterocycles. The zero-order valence-electron chi connectivity index (χ0n) is 15.7. The molecule has 0 aliphatic carbocycles. The molecule has 0 saturated carbocycles. The number of piperazine rings is 1. The van der Waals surface area contributed by atoms with Crippen LogP contribution in [0.2, 0.25) is 0 Å². The smallest absolute Gasteiger partial charge is 0.407 e. The van der Waals surface area contributed by atoms with Crippen molar-refractivity contribution in [2.75, 3.05) is 32.7 Å². The fourth-order valence-electron chi connectivity index (χ4n) is 2.67. The normalized spacial score (nSPS) is 14.7. The van der Waals surface area contributed by atoms with E-state index in [4.69, 9.17) is 4.74 Å². The number of hydrogen-bond acceptors (Lipinski definition) is 4. The monoisotopic (exact) mass is 361 g/mol. The average molecular weight is 361 g/mol. The van der Waals surface area contributed by atoms with Crippen molar-refractivity contribution in [3.05, 3.63) is 35.9 Å². The lowest BCUT2D eigenvalue weighted by molar-refractivity contribution is -0.132. The molecule has 1 aliphatic rings. The standard InChI is InChI=1S/C19H27N3O4/c1-19(2,3)26-18(25)20-10-9-16(23)21-11-13-22(14-12-21)17(24)15-7-5-4-6-8-15/h4-8H,9-14H2,1-3H3,(H,20,25). The molecule has 7 heteroatoms. The first-order chi connectivity index (χ1) is 12.3. The quantitative estimate of drug-likeness (QED) is 0.888. The second-order valence-electron chi connectivity index (χ2n) is 7.22. The molecule has 7 nitrogen and oxygen atoms in total. The van der Waals surface area contributed by atoms with Gasteiger partial charge in [-0.15, -0.1) is 0 Å². The molecule has 142 valence electrons. The molecule has 2 rings (SSSR count). The number of alkyl carbamates (subject to hydrolysis) is 1. The van der Waals surface area contributed by atoms with E-state index in [-0.39, 0.29) is 24.8 Å². The van der Waals surface area contributed by atoms with Crippen LogP contribution in [-0.4, -0.2) is 66.0 Å². The van der Waals surface area contributed by atoms with Gasteiger partial charge in [0.2, 0.25) is 5.91 Å². The first kappa shape index (κ1) is 19.8. The van der Waals surface area contributed by atoms with Gasteiger partial charge in [0.05, 0.1) is 0 Å². The Bertz CT molecular complexity index is 632. The third-order valence-corrected chi connectivity index (χ3v) is 3.95. The fourth-order valence-corrected chi connectivity index (χ4v) is 2.67. The number of nitrogens with one attached hydrogen (secondary N) is 1. The molecule has 0 radical (unpaired) electrons. The number of carbonyl (C=O) groups excluding carboxylic acids is 3.